The number of methoxy groups -OCH3 is 1. The normalized spacial score (nSPS) is 15.9. The summed E-state index contributed by atoms with van der Waals surface area (Å²) in [7, 11) is 1.67. The number of hydrogen-bond acceptors (Lipinski definition) is 5. The number of pyridine rings is 1. The Morgan fingerprint density at radius 1 is 1.21 bits per heavy atom. The van der Waals surface area contributed by atoms with Crippen LogP contribution in [0.2, 0.25) is 0 Å². The van der Waals surface area contributed by atoms with Crippen molar-refractivity contribution in [2.75, 3.05) is 19.0 Å². The third-order valence-electron chi connectivity index (χ3n) is 4.29. The molecule has 6 heteroatoms. The number of benzene rings is 1. The van der Waals surface area contributed by atoms with Crippen LogP contribution in [0, 0.1) is 6.92 Å². The van der Waals surface area contributed by atoms with Crippen LogP contribution >= 0.6 is 0 Å². The topological polar surface area (TPSA) is 64.9 Å². The highest BCUT2D eigenvalue weighted by Gasteiger charge is 2.25. The first-order chi connectivity index (χ1) is 11.7. The van der Waals surface area contributed by atoms with E-state index < -0.39 is 0 Å². The first-order valence-electron chi connectivity index (χ1n) is 7.99. The maximum absolute atomic E-state index is 5.36. The van der Waals surface area contributed by atoms with E-state index in [0.717, 1.165) is 46.7 Å². The van der Waals surface area contributed by atoms with Crippen LogP contribution < -0.4 is 10.1 Å². The average molecular weight is 321 g/mol. The van der Waals surface area contributed by atoms with E-state index in [1.165, 1.54) is 0 Å². The second-order valence-electron chi connectivity index (χ2n) is 6.05. The number of ether oxygens (including phenoxy) is 1. The van der Waals surface area contributed by atoms with Gasteiger partial charge in [-0.3, -0.25) is 4.57 Å². The lowest BCUT2D eigenvalue weighted by Gasteiger charge is -2.13. The summed E-state index contributed by atoms with van der Waals surface area (Å²) in [6.07, 6.45) is 0. The van der Waals surface area contributed by atoms with Gasteiger partial charge in [0, 0.05) is 24.2 Å². The number of fused-ring (bicyclic) bond motifs is 3. The van der Waals surface area contributed by atoms with Crippen LogP contribution in [0.3, 0.4) is 0 Å². The zero-order valence-corrected chi connectivity index (χ0v) is 13.9. The molecule has 4 rings (SSSR count). The Balaban J connectivity index is 1.96. The molecule has 1 aromatic carbocycles. The quantitative estimate of drug-likeness (QED) is 0.785. The molecule has 0 fully saturated rings. The molecule has 122 valence electrons. The highest BCUT2D eigenvalue weighted by molar-refractivity contribution is 5.68. The molecule has 0 radical (unpaired) electrons. The van der Waals surface area contributed by atoms with E-state index in [4.69, 9.17) is 4.74 Å². The fourth-order valence-corrected chi connectivity index (χ4v) is 3.02. The van der Waals surface area contributed by atoms with Gasteiger partial charge in [0.1, 0.15) is 17.3 Å². The lowest BCUT2D eigenvalue weighted by atomic mass is 10.1. The summed E-state index contributed by atoms with van der Waals surface area (Å²) in [6.45, 7) is 4.91. The maximum atomic E-state index is 5.36. The zero-order valence-electron chi connectivity index (χ0n) is 13.9. The molecule has 1 aliphatic heterocycles. The van der Waals surface area contributed by atoms with Gasteiger partial charge in [-0.25, -0.2) is 4.98 Å². The summed E-state index contributed by atoms with van der Waals surface area (Å²) in [5.41, 5.74) is 3.80. The number of hydrogen-bond donors (Lipinski definition) is 1. The molecule has 0 aliphatic carbocycles. The molecule has 3 aromatic rings. The molecule has 0 saturated heterocycles. The maximum Gasteiger partial charge on any atom is 0.187 e. The zero-order chi connectivity index (χ0) is 16.7. The van der Waals surface area contributed by atoms with Gasteiger partial charge in [0.25, 0.3) is 0 Å². The van der Waals surface area contributed by atoms with Crippen LogP contribution in [0.1, 0.15) is 24.4 Å². The molecule has 0 amide bonds. The van der Waals surface area contributed by atoms with Crippen LogP contribution in [-0.4, -0.2) is 33.4 Å². The molecule has 1 N–H and O–H groups in total. The van der Waals surface area contributed by atoms with Gasteiger partial charge in [0.2, 0.25) is 0 Å². The van der Waals surface area contributed by atoms with E-state index in [2.05, 4.69) is 32.0 Å². The minimum atomic E-state index is 0.231. The molecule has 24 heavy (non-hydrogen) atoms. The molecule has 0 spiro atoms. The summed E-state index contributed by atoms with van der Waals surface area (Å²) in [6, 6.07) is 11.9. The van der Waals surface area contributed by atoms with Crippen molar-refractivity contribution in [1.82, 2.24) is 19.7 Å². The smallest absolute Gasteiger partial charge is 0.187 e. The van der Waals surface area contributed by atoms with Gasteiger partial charge in [-0.05, 0) is 31.2 Å². The van der Waals surface area contributed by atoms with Gasteiger partial charge < -0.3 is 10.1 Å². The minimum Gasteiger partial charge on any atom is -0.497 e. The summed E-state index contributed by atoms with van der Waals surface area (Å²) < 4.78 is 7.45. The van der Waals surface area contributed by atoms with E-state index in [-0.39, 0.29) is 5.92 Å². The molecule has 0 saturated carbocycles. The van der Waals surface area contributed by atoms with Crippen molar-refractivity contribution in [2.24, 2.45) is 0 Å². The van der Waals surface area contributed by atoms with Crippen LogP contribution in [0.5, 0.6) is 5.75 Å². The second-order valence-corrected chi connectivity index (χ2v) is 6.05. The monoisotopic (exact) mass is 321 g/mol. The lowest BCUT2D eigenvalue weighted by Crippen LogP contribution is -2.09. The first-order valence-corrected chi connectivity index (χ1v) is 7.99. The number of nitrogens with one attached hydrogen (secondary N) is 1. The van der Waals surface area contributed by atoms with E-state index in [1.54, 1.807) is 7.11 Å². The average Bonchev–Trinajstić information content (AvgIpc) is 2.99. The van der Waals surface area contributed by atoms with Gasteiger partial charge in [-0.2, -0.15) is 0 Å². The Morgan fingerprint density at radius 2 is 2.08 bits per heavy atom. The molecule has 1 atom stereocenters. The molecule has 0 unspecified atom stereocenters. The van der Waals surface area contributed by atoms with Gasteiger partial charge in [0.05, 0.1) is 18.5 Å². The predicted molar refractivity (Wildman–Crippen MR) is 92.8 cm³/mol. The third kappa shape index (κ3) is 2.31. The molecule has 0 bridgehead atoms. The van der Waals surface area contributed by atoms with Crippen molar-refractivity contribution in [3.05, 3.63) is 47.9 Å². The van der Waals surface area contributed by atoms with E-state index in [9.17, 15) is 0 Å². The van der Waals surface area contributed by atoms with Gasteiger partial charge in [-0.15, -0.1) is 10.2 Å². The van der Waals surface area contributed by atoms with Crippen LogP contribution in [0.25, 0.3) is 17.2 Å². The van der Waals surface area contributed by atoms with Gasteiger partial charge in [0.15, 0.2) is 5.82 Å². The van der Waals surface area contributed by atoms with E-state index >= 15 is 0 Å². The summed E-state index contributed by atoms with van der Waals surface area (Å²) in [5.74, 6) is 2.75. The van der Waals surface area contributed by atoms with Crippen molar-refractivity contribution in [3.8, 4) is 23.0 Å². The molecular weight excluding hydrogens is 302 g/mol. The van der Waals surface area contributed by atoms with Gasteiger partial charge >= 0.3 is 0 Å². The van der Waals surface area contributed by atoms with Crippen molar-refractivity contribution >= 4 is 5.69 Å². The van der Waals surface area contributed by atoms with Crippen LogP contribution in [0.4, 0.5) is 5.69 Å². The van der Waals surface area contributed by atoms with Crippen molar-refractivity contribution in [2.45, 2.75) is 19.8 Å². The number of aryl methyl sites for hydroxylation is 1. The standard InChI is InChI=1S/C18H19N5O/c1-11-10-19-15-9-13(24-3)7-8-16(15)23-17(11)21-22-18(23)14-6-4-5-12(2)20-14/h4-9,11,19H,10H2,1-3H3/t11-/m1/s1. The molecule has 3 heterocycles. The number of nitrogens with zero attached hydrogens (tertiary/aromatic N) is 4. The molecule has 2 aromatic heterocycles. The van der Waals surface area contributed by atoms with Crippen LogP contribution in [0.15, 0.2) is 36.4 Å². The predicted octanol–water partition coefficient (Wildman–Crippen LogP) is 3.18. The fraction of sp³-hybridized carbons (Fsp3) is 0.278. The Morgan fingerprint density at radius 3 is 2.88 bits per heavy atom. The molecular formula is C18H19N5O. The highest BCUT2D eigenvalue weighted by atomic mass is 16.5. The fourth-order valence-electron chi connectivity index (χ4n) is 3.02. The summed E-state index contributed by atoms with van der Waals surface area (Å²) >= 11 is 0. The first kappa shape index (κ1) is 14.7. The second kappa shape index (κ2) is 5.63. The lowest BCUT2D eigenvalue weighted by molar-refractivity contribution is 0.415. The SMILES string of the molecule is COc1ccc2c(c1)NC[C@@H](C)c1nnc(-c3cccc(C)n3)n1-2. The van der Waals surface area contributed by atoms with Gasteiger partial charge in [-0.1, -0.05) is 13.0 Å². The van der Waals surface area contributed by atoms with E-state index in [1.807, 2.05) is 43.3 Å². The Hall–Kier alpha value is -2.89. The Kier molecular flexibility index (Phi) is 3.45. The van der Waals surface area contributed by atoms with E-state index in [0.29, 0.717) is 0 Å². The van der Waals surface area contributed by atoms with Crippen molar-refractivity contribution in [1.29, 1.82) is 0 Å². The summed E-state index contributed by atoms with van der Waals surface area (Å²) in [5, 5.41) is 12.4. The highest BCUT2D eigenvalue weighted by Crippen LogP contribution is 2.34. The Labute approximate surface area is 140 Å². The minimum absolute atomic E-state index is 0.231. The number of aromatic nitrogens is 4. The summed E-state index contributed by atoms with van der Waals surface area (Å²) in [4.78, 5) is 4.62. The molecule has 6 nitrogen and oxygen atoms in total. The third-order valence-corrected chi connectivity index (χ3v) is 4.29. The van der Waals surface area contributed by atoms with Crippen molar-refractivity contribution in [3.63, 3.8) is 0 Å². The number of anilines is 1. The van der Waals surface area contributed by atoms with Crippen LogP contribution in [-0.2, 0) is 0 Å². The number of rotatable bonds is 2. The van der Waals surface area contributed by atoms with Crippen molar-refractivity contribution < 1.29 is 4.74 Å². The Bertz CT molecular complexity index is 902. The largest absolute Gasteiger partial charge is 0.497 e. The molecule has 1 aliphatic rings.